The topological polar surface area (TPSA) is 71.5 Å². The van der Waals surface area contributed by atoms with Crippen LogP contribution in [0.4, 0.5) is 0 Å². The lowest BCUT2D eigenvalue weighted by Crippen LogP contribution is -2.03. The number of H-pyrrole nitrogens is 1. The summed E-state index contributed by atoms with van der Waals surface area (Å²) in [4.78, 5) is 20.0. The third-order valence-electron chi connectivity index (χ3n) is 4.06. The number of hydrogen-bond acceptors (Lipinski definition) is 5. The first-order valence-corrected chi connectivity index (χ1v) is 8.94. The first-order chi connectivity index (χ1) is 12.1. The summed E-state index contributed by atoms with van der Waals surface area (Å²) in [5, 5.41) is 9.98. The molecule has 0 unspecified atom stereocenters. The summed E-state index contributed by atoms with van der Waals surface area (Å²) in [7, 11) is 0. The fraction of sp³-hybridized carbons (Fsp3) is 0.158. The lowest BCUT2D eigenvalue weighted by molar-refractivity contribution is 0.102. The minimum Gasteiger partial charge on any atom is -0.338 e. The van der Waals surface area contributed by atoms with Crippen LogP contribution in [0.15, 0.2) is 47.6 Å². The Balaban J connectivity index is 1.56. The van der Waals surface area contributed by atoms with E-state index in [1.807, 2.05) is 50.2 Å². The van der Waals surface area contributed by atoms with Crippen molar-refractivity contribution in [3.8, 4) is 0 Å². The summed E-state index contributed by atoms with van der Waals surface area (Å²) in [6.45, 7) is 4.04. The van der Waals surface area contributed by atoms with Crippen molar-refractivity contribution in [3.63, 3.8) is 0 Å². The van der Waals surface area contributed by atoms with Gasteiger partial charge in [0.2, 0.25) is 5.16 Å². The number of aromatic amines is 1. The summed E-state index contributed by atoms with van der Waals surface area (Å²) in [5.41, 5.74) is 5.44. The second kappa shape index (κ2) is 6.29. The van der Waals surface area contributed by atoms with E-state index >= 15 is 0 Å². The number of benzene rings is 2. The maximum Gasteiger partial charge on any atom is 0.211 e. The number of ketones is 1. The van der Waals surface area contributed by atoms with E-state index in [9.17, 15) is 4.79 Å². The Labute approximate surface area is 148 Å². The predicted octanol–water partition coefficient (Wildman–Crippen LogP) is 4.10. The molecule has 0 bridgehead atoms. The van der Waals surface area contributed by atoms with E-state index in [2.05, 4.69) is 26.2 Å². The largest absolute Gasteiger partial charge is 0.338 e. The minimum absolute atomic E-state index is 0.0565. The second-order valence-corrected chi connectivity index (χ2v) is 6.99. The molecule has 0 fully saturated rings. The van der Waals surface area contributed by atoms with Gasteiger partial charge in [0.15, 0.2) is 11.4 Å². The van der Waals surface area contributed by atoms with Gasteiger partial charge < -0.3 is 4.98 Å². The van der Waals surface area contributed by atoms with E-state index in [0.29, 0.717) is 16.4 Å². The van der Waals surface area contributed by atoms with Crippen molar-refractivity contribution in [2.75, 3.05) is 5.75 Å². The third kappa shape index (κ3) is 3.13. The van der Waals surface area contributed by atoms with Crippen LogP contribution in [0.1, 0.15) is 21.5 Å². The molecule has 4 rings (SSSR count). The van der Waals surface area contributed by atoms with Gasteiger partial charge in [0.05, 0.1) is 5.75 Å². The number of aromatic nitrogens is 4. The fourth-order valence-corrected chi connectivity index (χ4v) is 3.37. The molecule has 1 N–H and O–H groups in total. The van der Waals surface area contributed by atoms with E-state index < -0.39 is 0 Å². The molecule has 6 heteroatoms. The molecule has 0 spiro atoms. The van der Waals surface area contributed by atoms with Gasteiger partial charge in [0.1, 0.15) is 5.52 Å². The van der Waals surface area contributed by atoms with E-state index in [4.69, 9.17) is 0 Å². The van der Waals surface area contributed by atoms with Crippen LogP contribution in [-0.2, 0) is 0 Å². The highest BCUT2D eigenvalue weighted by Gasteiger charge is 2.12. The molecule has 0 saturated carbocycles. The lowest BCUT2D eigenvalue weighted by atomic mass is 10.1. The van der Waals surface area contributed by atoms with E-state index in [-0.39, 0.29) is 11.5 Å². The van der Waals surface area contributed by atoms with Crippen molar-refractivity contribution in [2.24, 2.45) is 0 Å². The lowest BCUT2D eigenvalue weighted by Gasteiger charge is -2.01. The zero-order valence-corrected chi connectivity index (χ0v) is 14.7. The van der Waals surface area contributed by atoms with Gasteiger partial charge in [0, 0.05) is 16.5 Å². The zero-order chi connectivity index (χ0) is 17.4. The first kappa shape index (κ1) is 15.8. The molecule has 2 aromatic carbocycles. The monoisotopic (exact) mass is 348 g/mol. The summed E-state index contributed by atoms with van der Waals surface area (Å²) >= 11 is 1.30. The summed E-state index contributed by atoms with van der Waals surface area (Å²) in [5.74, 6) is 0.344. The average Bonchev–Trinajstić information content (AvgIpc) is 2.97. The van der Waals surface area contributed by atoms with E-state index in [1.54, 1.807) is 0 Å². The van der Waals surface area contributed by atoms with Crippen molar-refractivity contribution in [2.45, 2.75) is 19.0 Å². The average molecular weight is 348 g/mol. The Bertz CT molecular complexity index is 1090. The highest BCUT2D eigenvalue weighted by Crippen LogP contribution is 2.24. The van der Waals surface area contributed by atoms with Gasteiger partial charge in [-0.15, -0.1) is 10.2 Å². The molecule has 0 atom stereocenters. The molecule has 5 nitrogen and oxygen atoms in total. The van der Waals surface area contributed by atoms with Crippen LogP contribution in [-0.4, -0.2) is 31.7 Å². The summed E-state index contributed by atoms with van der Waals surface area (Å²) in [6.07, 6.45) is 0. The molecule has 4 aromatic rings. The van der Waals surface area contributed by atoms with Gasteiger partial charge in [-0.3, -0.25) is 4.79 Å². The molecule has 25 heavy (non-hydrogen) atoms. The molecule has 2 aromatic heterocycles. The Morgan fingerprint density at radius 2 is 1.80 bits per heavy atom. The van der Waals surface area contributed by atoms with Crippen LogP contribution in [0.25, 0.3) is 22.1 Å². The Kier molecular flexibility index (Phi) is 3.97. The van der Waals surface area contributed by atoms with Gasteiger partial charge in [-0.1, -0.05) is 53.2 Å². The number of aryl methyl sites for hydroxylation is 2. The number of nitrogens with zero attached hydrogens (tertiary/aromatic N) is 3. The molecular weight excluding hydrogens is 332 g/mol. The van der Waals surface area contributed by atoms with Gasteiger partial charge in [-0.25, -0.2) is 4.98 Å². The predicted molar refractivity (Wildman–Crippen MR) is 100 cm³/mol. The zero-order valence-electron chi connectivity index (χ0n) is 13.9. The minimum atomic E-state index is 0.0565. The van der Waals surface area contributed by atoms with Crippen LogP contribution >= 0.6 is 11.8 Å². The quantitative estimate of drug-likeness (QED) is 0.444. The van der Waals surface area contributed by atoms with Crippen LogP contribution in [0.5, 0.6) is 0 Å². The van der Waals surface area contributed by atoms with Crippen molar-refractivity contribution < 1.29 is 4.79 Å². The SMILES string of the molecule is Cc1ccc(C(=O)CSc2nnc3c(n2)[nH]c2ccc(C)cc23)cc1. The molecule has 0 saturated heterocycles. The first-order valence-electron chi connectivity index (χ1n) is 7.95. The number of hydrogen-bond donors (Lipinski definition) is 1. The number of nitrogens with one attached hydrogen (secondary N) is 1. The molecule has 0 amide bonds. The van der Waals surface area contributed by atoms with Gasteiger partial charge >= 0.3 is 0 Å². The number of Topliss-reactive ketones (excluding diaryl/α,β-unsaturated/α-hetero) is 1. The number of carbonyl (C=O) groups excluding carboxylic acids is 1. The molecule has 0 radical (unpaired) electrons. The standard InChI is InChI=1S/C19H16N4OS/c1-11-3-6-13(7-4-11)16(24)10-25-19-21-18-17(22-23-19)14-9-12(2)5-8-15(14)20-18/h3-9H,10H2,1-2H3,(H,20,21,23). The Morgan fingerprint density at radius 1 is 1.04 bits per heavy atom. The second-order valence-electron chi connectivity index (χ2n) is 6.04. The Morgan fingerprint density at radius 3 is 2.60 bits per heavy atom. The number of carbonyl (C=O) groups is 1. The van der Waals surface area contributed by atoms with Crippen molar-refractivity contribution in [1.29, 1.82) is 0 Å². The van der Waals surface area contributed by atoms with Crippen molar-refractivity contribution >= 4 is 39.6 Å². The maximum absolute atomic E-state index is 12.3. The van der Waals surface area contributed by atoms with E-state index in [0.717, 1.165) is 27.5 Å². The maximum atomic E-state index is 12.3. The molecule has 2 heterocycles. The van der Waals surface area contributed by atoms with Gasteiger partial charge in [-0.2, -0.15) is 0 Å². The number of rotatable bonds is 4. The van der Waals surface area contributed by atoms with Crippen LogP contribution in [0.3, 0.4) is 0 Å². The molecule has 0 aliphatic carbocycles. The van der Waals surface area contributed by atoms with Crippen molar-refractivity contribution in [1.82, 2.24) is 20.2 Å². The summed E-state index contributed by atoms with van der Waals surface area (Å²) < 4.78 is 0. The van der Waals surface area contributed by atoms with Crippen LogP contribution < -0.4 is 0 Å². The normalized spacial score (nSPS) is 11.3. The van der Waals surface area contributed by atoms with Crippen LogP contribution in [0, 0.1) is 13.8 Å². The fourth-order valence-electron chi connectivity index (χ4n) is 2.68. The molecular formula is C19H16N4OS. The highest BCUT2D eigenvalue weighted by molar-refractivity contribution is 7.99. The van der Waals surface area contributed by atoms with Gasteiger partial charge in [-0.05, 0) is 26.0 Å². The third-order valence-corrected chi connectivity index (χ3v) is 4.89. The van der Waals surface area contributed by atoms with Gasteiger partial charge in [0.25, 0.3) is 0 Å². The Hall–Kier alpha value is -2.73. The van der Waals surface area contributed by atoms with E-state index in [1.165, 1.54) is 11.8 Å². The highest BCUT2D eigenvalue weighted by atomic mass is 32.2. The van der Waals surface area contributed by atoms with Crippen molar-refractivity contribution in [3.05, 3.63) is 59.2 Å². The molecule has 0 aliphatic rings. The molecule has 124 valence electrons. The smallest absolute Gasteiger partial charge is 0.211 e. The number of fused-ring (bicyclic) bond motifs is 3. The van der Waals surface area contributed by atoms with Crippen LogP contribution in [0.2, 0.25) is 0 Å². The number of thioether (sulfide) groups is 1. The molecule has 0 aliphatic heterocycles. The summed E-state index contributed by atoms with van der Waals surface area (Å²) in [6, 6.07) is 13.7.